The Labute approximate surface area is 91.8 Å². The van der Waals surface area contributed by atoms with Gasteiger partial charge in [0.25, 0.3) is 0 Å². The number of carboxylic acid groups (broad SMARTS) is 1. The molecule has 2 N–H and O–H groups in total. The fourth-order valence-electron chi connectivity index (χ4n) is 1.71. The average molecular weight is 224 g/mol. The van der Waals surface area contributed by atoms with Gasteiger partial charge in [-0.2, -0.15) is 0 Å². The van der Waals surface area contributed by atoms with Crippen LogP contribution in [0.15, 0.2) is 22.8 Å². The summed E-state index contributed by atoms with van der Waals surface area (Å²) < 4.78 is 5.12. The van der Waals surface area contributed by atoms with Crippen LogP contribution in [0.25, 0.3) is 0 Å². The number of rotatable bonds is 4. The molecular weight excluding hydrogens is 212 g/mol. The minimum atomic E-state index is -0.912. The van der Waals surface area contributed by atoms with E-state index in [2.05, 4.69) is 5.32 Å². The zero-order chi connectivity index (χ0) is 11.5. The van der Waals surface area contributed by atoms with Gasteiger partial charge in [-0.1, -0.05) is 0 Å². The van der Waals surface area contributed by atoms with Crippen molar-refractivity contribution in [2.24, 2.45) is 0 Å². The van der Waals surface area contributed by atoms with Crippen molar-refractivity contribution >= 4 is 12.0 Å². The molecule has 16 heavy (non-hydrogen) atoms. The van der Waals surface area contributed by atoms with E-state index in [0.29, 0.717) is 18.8 Å². The van der Waals surface area contributed by atoms with Crippen LogP contribution in [0, 0.1) is 0 Å². The van der Waals surface area contributed by atoms with E-state index in [4.69, 9.17) is 9.52 Å². The van der Waals surface area contributed by atoms with Crippen molar-refractivity contribution in [2.75, 3.05) is 6.54 Å². The molecule has 6 nitrogen and oxygen atoms in total. The van der Waals surface area contributed by atoms with Gasteiger partial charge in [0.05, 0.1) is 25.3 Å². The molecule has 2 heterocycles. The van der Waals surface area contributed by atoms with Gasteiger partial charge in [0, 0.05) is 6.54 Å². The van der Waals surface area contributed by atoms with Gasteiger partial charge >= 0.3 is 12.0 Å². The van der Waals surface area contributed by atoms with Crippen molar-refractivity contribution in [1.82, 2.24) is 10.2 Å². The van der Waals surface area contributed by atoms with E-state index in [1.165, 1.54) is 11.2 Å². The van der Waals surface area contributed by atoms with Crippen molar-refractivity contribution in [3.05, 3.63) is 24.2 Å². The number of furan rings is 1. The highest BCUT2D eigenvalue weighted by molar-refractivity contribution is 5.78. The maximum atomic E-state index is 11.5. The normalized spacial score (nSPS) is 19.9. The van der Waals surface area contributed by atoms with E-state index in [1.807, 2.05) is 0 Å². The fraction of sp³-hybridized carbons (Fsp3) is 0.400. The lowest BCUT2D eigenvalue weighted by Crippen LogP contribution is -2.29. The van der Waals surface area contributed by atoms with E-state index >= 15 is 0 Å². The standard InChI is InChI=1S/C10H12N2O4/c13-9(14)4-7-5-12(10(15)11-7)6-8-2-1-3-16-8/h1-3,7H,4-6H2,(H,11,15)(H,13,14). The number of carbonyl (C=O) groups is 2. The fourth-order valence-corrected chi connectivity index (χ4v) is 1.71. The lowest BCUT2D eigenvalue weighted by Gasteiger charge is -2.11. The highest BCUT2D eigenvalue weighted by Crippen LogP contribution is 2.12. The van der Waals surface area contributed by atoms with Gasteiger partial charge in [-0.25, -0.2) is 4.79 Å². The first-order valence-corrected chi connectivity index (χ1v) is 4.95. The van der Waals surface area contributed by atoms with Gasteiger partial charge in [-0.05, 0) is 12.1 Å². The van der Waals surface area contributed by atoms with Crippen molar-refractivity contribution in [3.8, 4) is 0 Å². The molecule has 1 aromatic heterocycles. The summed E-state index contributed by atoms with van der Waals surface area (Å²) >= 11 is 0. The summed E-state index contributed by atoms with van der Waals surface area (Å²) in [4.78, 5) is 23.5. The summed E-state index contributed by atoms with van der Waals surface area (Å²) in [6.45, 7) is 0.765. The zero-order valence-electron chi connectivity index (χ0n) is 8.55. The van der Waals surface area contributed by atoms with Crippen molar-refractivity contribution in [2.45, 2.75) is 19.0 Å². The minimum absolute atomic E-state index is 0.0552. The molecule has 0 aliphatic carbocycles. The second kappa shape index (κ2) is 4.26. The highest BCUT2D eigenvalue weighted by Gasteiger charge is 2.30. The van der Waals surface area contributed by atoms with Gasteiger partial charge in [0.2, 0.25) is 0 Å². The average Bonchev–Trinajstić information content (AvgIpc) is 2.77. The zero-order valence-corrected chi connectivity index (χ0v) is 8.55. The quantitative estimate of drug-likeness (QED) is 0.786. The molecule has 1 fully saturated rings. The summed E-state index contributed by atoms with van der Waals surface area (Å²) in [5.74, 6) is -0.226. The molecule has 0 saturated carbocycles. The van der Waals surface area contributed by atoms with E-state index in [9.17, 15) is 9.59 Å². The van der Waals surface area contributed by atoms with Crippen molar-refractivity contribution in [1.29, 1.82) is 0 Å². The predicted molar refractivity (Wildman–Crippen MR) is 53.7 cm³/mol. The molecule has 1 saturated heterocycles. The third kappa shape index (κ3) is 2.33. The number of amides is 2. The third-order valence-corrected chi connectivity index (χ3v) is 2.40. The number of nitrogens with zero attached hydrogens (tertiary/aromatic N) is 1. The number of nitrogens with one attached hydrogen (secondary N) is 1. The topological polar surface area (TPSA) is 82.8 Å². The molecule has 6 heteroatoms. The minimum Gasteiger partial charge on any atom is -0.481 e. The molecule has 1 aliphatic heterocycles. The van der Waals surface area contributed by atoms with Gasteiger partial charge in [0.15, 0.2) is 0 Å². The largest absolute Gasteiger partial charge is 0.481 e. The molecule has 1 aromatic rings. The number of urea groups is 1. The first kappa shape index (κ1) is 10.5. The number of carbonyl (C=O) groups excluding carboxylic acids is 1. The van der Waals surface area contributed by atoms with Gasteiger partial charge < -0.3 is 19.7 Å². The molecule has 1 atom stereocenters. The Hall–Kier alpha value is -1.98. The lowest BCUT2D eigenvalue weighted by molar-refractivity contribution is -0.137. The highest BCUT2D eigenvalue weighted by atomic mass is 16.4. The molecule has 0 bridgehead atoms. The lowest BCUT2D eigenvalue weighted by atomic mass is 10.2. The molecule has 1 aliphatic rings. The van der Waals surface area contributed by atoms with Crippen LogP contribution in [0.1, 0.15) is 12.2 Å². The van der Waals surface area contributed by atoms with Gasteiger partial charge in [-0.3, -0.25) is 4.79 Å². The maximum Gasteiger partial charge on any atom is 0.318 e. The Balaban J connectivity index is 1.92. The van der Waals surface area contributed by atoms with E-state index < -0.39 is 5.97 Å². The molecular formula is C10H12N2O4. The smallest absolute Gasteiger partial charge is 0.318 e. The second-order valence-corrected chi connectivity index (χ2v) is 3.70. The van der Waals surface area contributed by atoms with Crippen LogP contribution < -0.4 is 5.32 Å². The van der Waals surface area contributed by atoms with Crippen LogP contribution in [0.2, 0.25) is 0 Å². The Kier molecular flexibility index (Phi) is 2.80. The van der Waals surface area contributed by atoms with Crippen LogP contribution in [0.5, 0.6) is 0 Å². The molecule has 0 aromatic carbocycles. The Morgan fingerprint density at radius 3 is 3.12 bits per heavy atom. The Morgan fingerprint density at radius 2 is 2.50 bits per heavy atom. The summed E-state index contributed by atoms with van der Waals surface area (Å²) in [6.07, 6.45) is 1.48. The predicted octanol–water partition coefficient (Wildman–Crippen LogP) is 0.648. The van der Waals surface area contributed by atoms with Gasteiger partial charge in [-0.15, -0.1) is 0 Å². The van der Waals surface area contributed by atoms with Crippen molar-refractivity contribution in [3.63, 3.8) is 0 Å². The SMILES string of the molecule is O=C(O)CC1CN(Cc2ccco2)C(=O)N1. The van der Waals surface area contributed by atoms with E-state index in [0.717, 1.165) is 0 Å². The summed E-state index contributed by atoms with van der Waals surface area (Å²) in [5, 5.41) is 11.2. The van der Waals surface area contributed by atoms with Crippen molar-refractivity contribution < 1.29 is 19.1 Å². The Bertz CT molecular complexity index is 388. The first-order chi connectivity index (χ1) is 7.65. The molecule has 0 spiro atoms. The van der Waals surface area contributed by atoms with E-state index in [1.54, 1.807) is 12.1 Å². The second-order valence-electron chi connectivity index (χ2n) is 3.70. The summed E-state index contributed by atoms with van der Waals surface area (Å²) in [5.41, 5.74) is 0. The molecule has 86 valence electrons. The summed E-state index contributed by atoms with van der Waals surface area (Å²) in [7, 11) is 0. The summed E-state index contributed by atoms with van der Waals surface area (Å²) in [6, 6.07) is 2.96. The maximum absolute atomic E-state index is 11.5. The number of hydrogen-bond acceptors (Lipinski definition) is 3. The van der Waals surface area contributed by atoms with Crippen LogP contribution in [-0.4, -0.2) is 34.6 Å². The van der Waals surface area contributed by atoms with Gasteiger partial charge in [0.1, 0.15) is 5.76 Å². The third-order valence-electron chi connectivity index (χ3n) is 2.40. The molecule has 2 amide bonds. The molecule has 1 unspecified atom stereocenters. The number of aliphatic carboxylic acids is 1. The number of carboxylic acids is 1. The molecule has 0 radical (unpaired) electrons. The van der Waals surface area contributed by atoms with Crippen LogP contribution in [-0.2, 0) is 11.3 Å². The van der Waals surface area contributed by atoms with Crippen LogP contribution >= 0.6 is 0 Å². The molecule has 2 rings (SSSR count). The first-order valence-electron chi connectivity index (χ1n) is 4.95. The monoisotopic (exact) mass is 224 g/mol. The number of hydrogen-bond donors (Lipinski definition) is 2. The van der Waals surface area contributed by atoms with E-state index in [-0.39, 0.29) is 18.5 Å². The van der Waals surface area contributed by atoms with Crippen LogP contribution in [0.3, 0.4) is 0 Å². The Morgan fingerprint density at radius 1 is 1.69 bits per heavy atom. The van der Waals surface area contributed by atoms with Crippen LogP contribution in [0.4, 0.5) is 4.79 Å².